The van der Waals surface area contributed by atoms with Gasteiger partial charge in [-0.15, -0.1) is 0 Å². The number of hydrogen-bond acceptors (Lipinski definition) is 2. The molecule has 1 unspecified atom stereocenters. The molecular weight excluding hydrogens is 240 g/mol. The molecule has 0 radical (unpaired) electrons. The highest BCUT2D eigenvalue weighted by atomic mass is 16.2. The van der Waals surface area contributed by atoms with Crippen LogP contribution >= 0.6 is 0 Å². The molecular formula is C15H26N2O2. The van der Waals surface area contributed by atoms with E-state index in [9.17, 15) is 9.59 Å². The zero-order valence-corrected chi connectivity index (χ0v) is 12.6. The topological polar surface area (TPSA) is 49.4 Å². The van der Waals surface area contributed by atoms with Crippen molar-refractivity contribution >= 4 is 11.8 Å². The van der Waals surface area contributed by atoms with Crippen LogP contribution in [0.3, 0.4) is 0 Å². The van der Waals surface area contributed by atoms with E-state index in [4.69, 9.17) is 0 Å². The van der Waals surface area contributed by atoms with Gasteiger partial charge in [-0.25, -0.2) is 0 Å². The molecule has 108 valence electrons. The molecule has 0 spiro atoms. The Hall–Kier alpha value is -1.06. The van der Waals surface area contributed by atoms with Crippen LogP contribution in [-0.2, 0) is 9.59 Å². The van der Waals surface area contributed by atoms with Crippen LogP contribution in [0.5, 0.6) is 0 Å². The Bertz CT molecular complexity index is 384. The van der Waals surface area contributed by atoms with E-state index in [2.05, 4.69) is 12.2 Å². The molecule has 4 heteroatoms. The molecule has 4 nitrogen and oxygen atoms in total. The maximum absolute atomic E-state index is 12.8. The van der Waals surface area contributed by atoms with Gasteiger partial charge < -0.3 is 10.2 Å². The molecule has 1 heterocycles. The first kappa shape index (κ1) is 14.4. The van der Waals surface area contributed by atoms with Crippen LogP contribution < -0.4 is 5.32 Å². The molecule has 2 rings (SSSR count). The number of carbonyl (C=O) groups is 2. The van der Waals surface area contributed by atoms with Crippen LogP contribution in [0.2, 0.25) is 0 Å². The highest BCUT2D eigenvalue weighted by molar-refractivity contribution is 5.99. The van der Waals surface area contributed by atoms with E-state index >= 15 is 0 Å². The minimum absolute atomic E-state index is 0.0232. The lowest BCUT2D eigenvalue weighted by molar-refractivity contribution is -0.156. The summed E-state index contributed by atoms with van der Waals surface area (Å²) in [5, 5.41) is 2.99. The van der Waals surface area contributed by atoms with Crippen molar-refractivity contribution < 1.29 is 9.59 Å². The molecule has 1 saturated heterocycles. The summed E-state index contributed by atoms with van der Waals surface area (Å²) < 4.78 is 0. The number of amides is 2. The van der Waals surface area contributed by atoms with Gasteiger partial charge in [0, 0.05) is 6.54 Å². The lowest BCUT2D eigenvalue weighted by Gasteiger charge is -2.46. The van der Waals surface area contributed by atoms with E-state index in [1.54, 1.807) is 0 Å². The quantitative estimate of drug-likeness (QED) is 0.828. The van der Waals surface area contributed by atoms with Gasteiger partial charge in [0.05, 0.1) is 0 Å². The Labute approximate surface area is 115 Å². The van der Waals surface area contributed by atoms with Gasteiger partial charge in [0.25, 0.3) is 0 Å². The van der Waals surface area contributed by atoms with E-state index < -0.39 is 5.54 Å². The van der Waals surface area contributed by atoms with E-state index in [-0.39, 0.29) is 23.3 Å². The standard InChI is InChI=1S/C15H26N2O2/c1-5-11-12(18)16-15(6-2,7-3)13(19)17(11)10-14(4)8-9-14/h11H,5-10H2,1-4H3,(H,16,18). The molecule has 0 aromatic carbocycles. The van der Waals surface area contributed by atoms with E-state index in [1.165, 1.54) is 12.8 Å². The highest BCUT2D eigenvalue weighted by Gasteiger charge is 2.51. The van der Waals surface area contributed by atoms with E-state index in [1.807, 2.05) is 25.7 Å². The minimum atomic E-state index is -0.673. The lowest BCUT2D eigenvalue weighted by atomic mass is 9.86. The summed E-state index contributed by atoms with van der Waals surface area (Å²) in [5.41, 5.74) is -0.429. The van der Waals surface area contributed by atoms with Crippen LogP contribution in [0.25, 0.3) is 0 Å². The van der Waals surface area contributed by atoms with Gasteiger partial charge in [0.1, 0.15) is 11.6 Å². The van der Waals surface area contributed by atoms with Crippen LogP contribution in [0.4, 0.5) is 0 Å². The van der Waals surface area contributed by atoms with Crippen molar-refractivity contribution in [3.05, 3.63) is 0 Å². The van der Waals surface area contributed by atoms with Gasteiger partial charge in [-0.1, -0.05) is 27.7 Å². The smallest absolute Gasteiger partial charge is 0.249 e. The van der Waals surface area contributed by atoms with Crippen LogP contribution in [0.15, 0.2) is 0 Å². The minimum Gasteiger partial charge on any atom is -0.340 e. The number of hydrogen-bond donors (Lipinski definition) is 1. The molecule has 0 bridgehead atoms. The maximum Gasteiger partial charge on any atom is 0.249 e. The Morgan fingerprint density at radius 3 is 2.21 bits per heavy atom. The zero-order valence-electron chi connectivity index (χ0n) is 12.6. The summed E-state index contributed by atoms with van der Waals surface area (Å²) in [6.07, 6.45) is 4.35. The summed E-state index contributed by atoms with van der Waals surface area (Å²) in [7, 11) is 0. The third kappa shape index (κ3) is 2.37. The van der Waals surface area contributed by atoms with Crippen LogP contribution in [0.1, 0.15) is 59.8 Å². The molecule has 1 N–H and O–H groups in total. The second-order valence-electron chi connectivity index (χ2n) is 6.45. The average Bonchev–Trinajstić information content (AvgIpc) is 3.12. The average molecular weight is 266 g/mol. The van der Waals surface area contributed by atoms with Gasteiger partial charge in [-0.2, -0.15) is 0 Å². The molecule has 0 aromatic heterocycles. The van der Waals surface area contributed by atoms with E-state index in [0.29, 0.717) is 19.3 Å². The molecule has 19 heavy (non-hydrogen) atoms. The Balaban J connectivity index is 2.28. The predicted molar refractivity (Wildman–Crippen MR) is 74.6 cm³/mol. The second kappa shape index (κ2) is 4.80. The summed E-state index contributed by atoms with van der Waals surface area (Å²) in [4.78, 5) is 27.0. The first-order chi connectivity index (χ1) is 8.91. The molecule has 0 aromatic rings. The first-order valence-electron chi connectivity index (χ1n) is 7.54. The van der Waals surface area contributed by atoms with Crippen LogP contribution in [-0.4, -0.2) is 34.8 Å². The largest absolute Gasteiger partial charge is 0.340 e. The second-order valence-corrected chi connectivity index (χ2v) is 6.45. The number of nitrogens with zero attached hydrogens (tertiary/aromatic N) is 1. The molecule has 1 saturated carbocycles. The van der Waals surface area contributed by atoms with Gasteiger partial charge in [0.15, 0.2) is 0 Å². The molecule has 2 amide bonds. The molecule has 1 aliphatic heterocycles. The van der Waals surface area contributed by atoms with Gasteiger partial charge in [-0.3, -0.25) is 9.59 Å². The normalized spacial score (nSPS) is 28.2. The molecule has 2 aliphatic rings. The van der Waals surface area contributed by atoms with Crippen molar-refractivity contribution in [3.8, 4) is 0 Å². The highest BCUT2D eigenvalue weighted by Crippen LogP contribution is 2.46. The zero-order chi connectivity index (χ0) is 14.3. The number of nitrogens with one attached hydrogen (secondary N) is 1. The summed E-state index contributed by atoms with van der Waals surface area (Å²) >= 11 is 0. The lowest BCUT2D eigenvalue weighted by Crippen LogP contribution is -2.70. The van der Waals surface area contributed by atoms with Crippen molar-refractivity contribution in [2.45, 2.75) is 71.4 Å². The first-order valence-corrected chi connectivity index (χ1v) is 7.54. The Morgan fingerprint density at radius 2 is 1.79 bits per heavy atom. The Kier molecular flexibility index (Phi) is 3.63. The van der Waals surface area contributed by atoms with Crippen LogP contribution in [0, 0.1) is 5.41 Å². The van der Waals surface area contributed by atoms with Gasteiger partial charge in [0.2, 0.25) is 11.8 Å². The fraction of sp³-hybridized carbons (Fsp3) is 0.867. The van der Waals surface area contributed by atoms with Crippen molar-refractivity contribution in [2.75, 3.05) is 6.54 Å². The SMILES string of the molecule is CCC1C(=O)NC(CC)(CC)C(=O)N1CC1(C)CC1. The summed E-state index contributed by atoms with van der Waals surface area (Å²) in [6.45, 7) is 8.87. The Morgan fingerprint density at radius 1 is 1.21 bits per heavy atom. The third-order valence-electron chi connectivity index (χ3n) is 4.96. The maximum atomic E-state index is 12.8. The third-order valence-corrected chi connectivity index (χ3v) is 4.96. The fourth-order valence-electron chi connectivity index (χ4n) is 3.03. The van der Waals surface area contributed by atoms with Crippen molar-refractivity contribution in [1.29, 1.82) is 0 Å². The van der Waals surface area contributed by atoms with Crippen molar-refractivity contribution in [2.24, 2.45) is 5.41 Å². The summed E-state index contributed by atoms with van der Waals surface area (Å²) in [5.74, 6) is 0.145. The molecule has 1 atom stereocenters. The summed E-state index contributed by atoms with van der Waals surface area (Å²) in [6, 6.07) is -0.281. The molecule has 2 fully saturated rings. The van der Waals surface area contributed by atoms with Gasteiger partial charge >= 0.3 is 0 Å². The fourth-order valence-corrected chi connectivity index (χ4v) is 3.03. The number of rotatable bonds is 5. The van der Waals surface area contributed by atoms with Gasteiger partial charge in [-0.05, 0) is 37.5 Å². The van der Waals surface area contributed by atoms with E-state index in [0.717, 1.165) is 6.54 Å². The van der Waals surface area contributed by atoms with Crippen molar-refractivity contribution in [3.63, 3.8) is 0 Å². The van der Waals surface area contributed by atoms with Crippen molar-refractivity contribution in [1.82, 2.24) is 10.2 Å². The predicted octanol–water partition coefficient (Wildman–Crippen LogP) is 2.08. The number of carbonyl (C=O) groups excluding carboxylic acids is 2. The number of piperazine rings is 1. The molecule has 1 aliphatic carbocycles. The monoisotopic (exact) mass is 266 g/mol.